The van der Waals surface area contributed by atoms with Crippen molar-refractivity contribution in [1.29, 1.82) is 0 Å². The van der Waals surface area contributed by atoms with Crippen molar-refractivity contribution < 1.29 is 28.4 Å². The molecule has 0 N–H and O–H groups in total. The Bertz CT molecular complexity index is 194. The molecule has 1 rings (SSSR count). The molecule has 0 bridgehead atoms. The second-order valence-corrected chi connectivity index (χ2v) is 2.94. The molecule has 1 aliphatic rings. The first kappa shape index (κ1) is 12.6. The maximum atomic E-state index is 11.2. The van der Waals surface area contributed by atoms with Crippen LogP contribution in [0.4, 0.5) is 0 Å². The summed E-state index contributed by atoms with van der Waals surface area (Å²) in [7, 11) is 1.40. The molecule has 0 aromatic carbocycles. The van der Waals surface area contributed by atoms with Crippen LogP contribution in [0.2, 0.25) is 0 Å². The smallest absolute Gasteiger partial charge is 0.688 e. The fourth-order valence-electron chi connectivity index (χ4n) is 1.36. The van der Waals surface area contributed by atoms with E-state index in [-0.39, 0.29) is 30.7 Å². The van der Waals surface area contributed by atoms with E-state index in [1.807, 2.05) is 0 Å². The normalized spacial score (nSPS) is 22.2. The van der Waals surface area contributed by atoms with Crippen LogP contribution in [-0.4, -0.2) is 19.6 Å². The van der Waals surface area contributed by atoms with Gasteiger partial charge in [0, 0.05) is 0 Å². The molecule has 0 amide bonds. The van der Waals surface area contributed by atoms with Crippen LogP contribution < -0.4 is 18.9 Å². The molecule has 1 unspecified atom stereocenters. The minimum absolute atomic E-state index is 0. The number of carbonyl (C=O) groups is 1. The summed E-state index contributed by atoms with van der Waals surface area (Å²) < 4.78 is 4.66. The zero-order chi connectivity index (χ0) is 8.97. The van der Waals surface area contributed by atoms with Crippen molar-refractivity contribution in [3.05, 3.63) is 17.6 Å². The number of carbonyl (C=O) groups excluding carboxylic acids is 1. The van der Waals surface area contributed by atoms with Gasteiger partial charge in [0.2, 0.25) is 0 Å². The molecular weight excluding hydrogens is 161 g/mol. The number of methoxy groups -OCH3 is 1. The SMILES string of the molecule is C=C1[N-]CCCCC1C(=O)OC.[Li+]. The third-order valence-electron chi connectivity index (χ3n) is 2.10. The summed E-state index contributed by atoms with van der Waals surface area (Å²) >= 11 is 0. The molecule has 0 spiro atoms. The van der Waals surface area contributed by atoms with Crippen molar-refractivity contribution >= 4 is 5.97 Å². The largest absolute Gasteiger partial charge is 1.00 e. The van der Waals surface area contributed by atoms with Gasteiger partial charge in [0.25, 0.3) is 0 Å². The standard InChI is InChI=1S/C9H14NO2.Li/c1-7-8(9(11)12-2)5-3-4-6-10-7;/h8H,1,3-6H2,2H3;/q-1;+1. The molecular formula is C9H14LiNO2. The van der Waals surface area contributed by atoms with Gasteiger partial charge in [-0.2, -0.15) is 5.70 Å². The zero-order valence-corrected chi connectivity index (χ0v) is 8.38. The molecule has 68 valence electrons. The second-order valence-electron chi connectivity index (χ2n) is 2.94. The second kappa shape index (κ2) is 6.12. The van der Waals surface area contributed by atoms with Crippen molar-refractivity contribution in [2.75, 3.05) is 13.7 Å². The van der Waals surface area contributed by atoms with Crippen LogP contribution in [0.5, 0.6) is 0 Å². The van der Waals surface area contributed by atoms with E-state index in [9.17, 15) is 4.79 Å². The average Bonchev–Trinajstić information content (AvgIpc) is 2.28. The van der Waals surface area contributed by atoms with Gasteiger partial charge in [-0.25, -0.2) is 0 Å². The number of hydrogen-bond acceptors (Lipinski definition) is 2. The van der Waals surface area contributed by atoms with Crippen LogP contribution in [0, 0.1) is 5.92 Å². The van der Waals surface area contributed by atoms with Crippen LogP contribution in [0.1, 0.15) is 19.3 Å². The Hall–Kier alpha value is -0.393. The van der Waals surface area contributed by atoms with E-state index in [1.54, 1.807) is 0 Å². The van der Waals surface area contributed by atoms with Crippen molar-refractivity contribution in [1.82, 2.24) is 0 Å². The average molecular weight is 175 g/mol. The number of rotatable bonds is 1. The van der Waals surface area contributed by atoms with Gasteiger partial charge in [0.05, 0.1) is 13.0 Å². The first-order valence-electron chi connectivity index (χ1n) is 4.20. The van der Waals surface area contributed by atoms with Gasteiger partial charge >= 0.3 is 24.8 Å². The van der Waals surface area contributed by atoms with E-state index >= 15 is 0 Å². The third kappa shape index (κ3) is 3.46. The van der Waals surface area contributed by atoms with Gasteiger partial charge in [-0.05, 0) is 6.42 Å². The Balaban J connectivity index is 0.00000144. The monoisotopic (exact) mass is 175 g/mol. The molecule has 0 saturated carbocycles. The molecule has 0 radical (unpaired) electrons. The molecule has 4 heteroatoms. The number of nitrogens with zero attached hydrogens (tertiary/aromatic N) is 1. The van der Waals surface area contributed by atoms with E-state index in [2.05, 4.69) is 16.6 Å². The van der Waals surface area contributed by atoms with Crippen LogP contribution in [0.3, 0.4) is 0 Å². The van der Waals surface area contributed by atoms with Crippen LogP contribution in [-0.2, 0) is 9.53 Å². The molecule has 0 aromatic heterocycles. The first-order valence-corrected chi connectivity index (χ1v) is 4.20. The van der Waals surface area contributed by atoms with E-state index in [4.69, 9.17) is 0 Å². The topological polar surface area (TPSA) is 40.4 Å². The summed E-state index contributed by atoms with van der Waals surface area (Å²) in [5.41, 5.74) is 0.680. The Morgan fingerprint density at radius 3 is 2.92 bits per heavy atom. The molecule has 13 heavy (non-hydrogen) atoms. The van der Waals surface area contributed by atoms with Crippen LogP contribution in [0.25, 0.3) is 5.32 Å². The summed E-state index contributed by atoms with van der Waals surface area (Å²) in [4.78, 5) is 11.2. The fourth-order valence-corrected chi connectivity index (χ4v) is 1.36. The van der Waals surface area contributed by atoms with Crippen LogP contribution >= 0.6 is 0 Å². The summed E-state index contributed by atoms with van der Waals surface area (Å²) in [6, 6.07) is 0. The van der Waals surface area contributed by atoms with Crippen LogP contribution in [0.15, 0.2) is 12.3 Å². The third-order valence-corrected chi connectivity index (χ3v) is 2.10. The van der Waals surface area contributed by atoms with Gasteiger partial charge < -0.3 is 10.1 Å². The molecule has 1 saturated heterocycles. The molecule has 0 aliphatic carbocycles. The quantitative estimate of drug-likeness (QED) is 0.373. The summed E-state index contributed by atoms with van der Waals surface area (Å²) in [5, 5.41) is 4.18. The molecule has 1 aliphatic heterocycles. The Morgan fingerprint density at radius 1 is 1.62 bits per heavy atom. The van der Waals surface area contributed by atoms with E-state index in [0.29, 0.717) is 5.70 Å². The van der Waals surface area contributed by atoms with E-state index in [1.165, 1.54) is 7.11 Å². The van der Waals surface area contributed by atoms with Gasteiger partial charge in [-0.15, -0.1) is 13.1 Å². The van der Waals surface area contributed by atoms with Crippen molar-refractivity contribution in [3.8, 4) is 0 Å². The fraction of sp³-hybridized carbons (Fsp3) is 0.667. The predicted octanol–water partition coefficient (Wildman–Crippen LogP) is -1.15. The molecule has 1 fully saturated rings. The van der Waals surface area contributed by atoms with Gasteiger partial charge in [0.15, 0.2) is 0 Å². The number of ether oxygens (including phenoxy) is 1. The summed E-state index contributed by atoms with van der Waals surface area (Å²) in [6.07, 6.45) is 2.91. The Labute approximate surface area is 91.1 Å². The van der Waals surface area contributed by atoms with Gasteiger partial charge in [0.1, 0.15) is 0 Å². The van der Waals surface area contributed by atoms with Crippen molar-refractivity contribution in [2.24, 2.45) is 5.92 Å². The molecule has 0 aromatic rings. The molecule has 1 atom stereocenters. The number of esters is 1. The molecule has 3 nitrogen and oxygen atoms in total. The predicted molar refractivity (Wildman–Crippen MR) is 46.7 cm³/mol. The minimum Gasteiger partial charge on any atom is -0.688 e. The maximum absolute atomic E-state index is 11.2. The van der Waals surface area contributed by atoms with Gasteiger partial charge in [-0.3, -0.25) is 4.79 Å². The van der Waals surface area contributed by atoms with Crippen molar-refractivity contribution in [3.63, 3.8) is 0 Å². The molecule has 1 heterocycles. The number of hydrogen-bond donors (Lipinski definition) is 0. The van der Waals surface area contributed by atoms with E-state index in [0.717, 1.165) is 25.8 Å². The van der Waals surface area contributed by atoms with E-state index < -0.39 is 0 Å². The zero-order valence-electron chi connectivity index (χ0n) is 8.38. The summed E-state index contributed by atoms with van der Waals surface area (Å²) in [5.74, 6) is -0.400. The first-order chi connectivity index (χ1) is 5.75. The van der Waals surface area contributed by atoms with Gasteiger partial charge in [-0.1, -0.05) is 12.8 Å². The summed E-state index contributed by atoms with van der Waals surface area (Å²) in [6.45, 7) is 4.56. The Morgan fingerprint density at radius 2 is 2.31 bits per heavy atom. The minimum atomic E-state index is -0.203. The maximum Gasteiger partial charge on any atom is 1.00 e. The van der Waals surface area contributed by atoms with Crippen molar-refractivity contribution in [2.45, 2.75) is 19.3 Å². The Kier molecular flexibility index (Phi) is 5.94.